The summed E-state index contributed by atoms with van der Waals surface area (Å²) in [5.74, 6) is 1.06. The smallest absolute Gasteiger partial charge is 0.161 e. The summed E-state index contributed by atoms with van der Waals surface area (Å²) < 4.78 is 12.9. The molecule has 0 saturated carbocycles. The van der Waals surface area contributed by atoms with Crippen LogP contribution in [0.5, 0.6) is 0 Å². The SMILES string of the molecule is Fc1ccc(Nc2ccnc(-c3ccccc3)n2)cc1. The molecule has 4 heteroatoms. The van der Waals surface area contributed by atoms with Gasteiger partial charge in [-0.15, -0.1) is 0 Å². The molecular formula is C16H12FN3. The van der Waals surface area contributed by atoms with Gasteiger partial charge in [0.15, 0.2) is 5.82 Å². The molecule has 3 rings (SSSR count). The van der Waals surface area contributed by atoms with Crippen LogP contribution in [0.4, 0.5) is 15.9 Å². The summed E-state index contributed by atoms with van der Waals surface area (Å²) in [5.41, 5.74) is 1.74. The highest BCUT2D eigenvalue weighted by atomic mass is 19.1. The molecule has 1 heterocycles. The number of benzene rings is 2. The van der Waals surface area contributed by atoms with E-state index >= 15 is 0 Å². The van der Waals surface area contributed by atoms with Gasteiger partial charge in [-0.05, 0) is 30.3 Å². The molecule has 98 valence electrons. The van der Waals surface area contributed by atoms with E-state index in [1.807, 2.05) is 30.3 Å². The molecule has 0 spiro atoms. The van der Waals surface area contributed by atoms with Crippen LogP contribution in [0, 0.1) is 5.82 Å². The quantitative estimate of drug-likeness (QED) is 0.777. The molecule has 0 atom stereocenters. The minimum Gasteiger partial charge on any atom is -0.340 e. The average molecular weight is 265 g/mol. The number of hydrogen-bond acceptors (Lipinski definition) is 3. The van der Waals surface area contributed by atoms with E-state index in [-0.39, 0.29) is 5.82 Å². The number of aromatic nitrogens is 2. The van der Waals surface area contributed by atoms with E-state index in [9.17, 15) is 4.39 Å². The highest BCUT2D eigenvalue weighted by Crippen LogP contribution is 2.18. The van der Waals surface area contributed by atoms with Crippen molar-refractivity contribution >= 4 is 11.5 Å². The number of halogens is 1. The fraction of sp³-hybridized carbons (Fsp3) is 0. The molecule has 2 aromatic carbocycles. The number of anilines is 2. The fourth-order valence-corrected chi connectivity index (χ4v) is 1.84. The van der Waals surface area contributed by atoms with Crippen LogP contribution in [0.3, 0.4) is 0 Å². The lowest BCUT2D eigenvalue weighted by Crippen LogP contribution is -1.96. The van der Waals surface area contributed by atoms with E-state index in [0.717, 1.165) is 11.3 Å². The molecule has 3 aromatic rings. The van der Waals surface area contributed by atoms with Crippen molar-refractivity contribution in [1.29, 1.82) is 0 Å². The Morgan fingerprint density at radius 3 is 2.35 bits per heavy atom. The van der Waals surface area contributed by atoms with Gasteiger partial charge < -0.3 is 5.32 Å². The summed E-state index contributed by atoms with van der Waals surface area (Å²) in [4.78, 5) is 8.70. The minimum atomic E-state index is -0.261. The van der Waals surface area contributed by atoms with Crippen LogP contribution < -0.4 is 5.32 Å². The third kappa shape index (κ3) is 2.80. The maximum absolute atomic E-state index is 12.9. The third-order valence-corrected chi connectivity index (χ3v) is 2.80. The predicted molar refractivity (Wildman–Crippen MR) is 77.2 cm³/mol. The first kappa shape index (κ1) is 12.3. The number of rotatable bonds is 3. The molecule has 0 aliphatic heterocycles. The second kappa shape index (κ2) is 5.48. The van der Waals surface area contributed by atoms with E-state index in [2.05, 4.69) is 15.3 Å². The fourth-order valence-electron chi connectivity index (χ4n) is 1.84. The van der Waals surface area contributed by atoms with Crippen molar-refractivity contribution in [2.24, 2.45) is 0 Å². The van der Waals surface area contributed by atoms with Gasteiger partial charge in [-0.1, -0.05) is 30.3 Å². The van der Waals surface area contributed by atoms with Gasteiger partial charge >= 0.3 is 0 Å². The van der Waals surface area contributed by atoms with Gasteiger partial charge in [0.25, 0.3) is 0 Å². The van der Waals surface area contributed by atoms with E-state index in [0.29, 0.717) is 11.6 Å². The van der Waals surface area contributed by atoms with Crippen LogP contribution in [0.25, 0.3) is 11.4 Å². The van der Waals surface area contributed by atoms with Crippen molar-refractivity contribution in [3.8, 4) is 11.4 Å². The molecule has 0 aliphatic rings. The Morgan fingerprint density at radius 2 is 1.60 bits per heavy atom. The maximum Gasteiger partial charge on any atom is 0.161 e. The molecule has 3 nitrogen and oxygen atoms in total. The first-order valence-electron chi connectivity index (χ1n) is 6.22. The molecule has 0 amide bonds. The van der Waals surface area contributed by atoms with Gasteiger partial charge in [0.05, 0.1) is 0 Å². The van der Waals surface area contributed by atoms with Gasteiger partial charge in [-0.2, -0.15) is 0 Å². The molecule has 0 bridgehead atoms. The topological polar surface area (TPSA) is 37.8 Å². The van der Waals surface area contributed by atoms with Crippen molar-refractivity contribution in [2.45, 2.75) is 0 Å². The van der Waals surface area contributed by atoms with Crippen molar-refractivity contribution in [3.63, 3.8) is 0 Å². The lowest BCUT2D eigenvalue weighted by molar-refractivity contribution is 0.628. The number of nitrogens with one attached hydrogen (secondary N) is 1. The standard InChI is InChI=1S/C16H12FN3/c17-13-6-8-14(9-7-13)19-15-10-11-18-16(20-15)12-4-2-1-3-5-12/h1-11H,(H,18,19,20). The van der Waals surface area contributed by atoms with Gasteiger partial charge in [0.1, 0.15) is 11.6 Å². The van der Waals surface area contributed by atoms with Crippen LogP contribution in [0.15, 0.2) is 66.9 Å². The lowest BCUT2D eigenvalue weighted by Gasteiger charge is -2.07. The van der Waals surface area contributed by atoms with Crippen molar-refractivity contribution < 1.29 is 4.39 Å². The molecule has 1 aromatic heterocycles. The zero-order valence-electron chi connectivity index (χ0n) is 10.6. The summed E-state index contributed by atoms with van der Waals surface area (Å²) in [7, 11) is 0. The van der Waals surface area contributed by atoms with E-state index in [1.54, 1.807) is 24.4 Å². The Hall–Kier alpha value is -2.75. The molecule has 0 fully saturated rings. The first-order chi connectivity index (χ1) is 9.81. The van der Waals surface area contributed by atoms with Crippen molar-refractivity contribution in [1.82, 2.24) is 9.97 Å². The second-order valence-electron chi connectivity index (χ2n) is 4.26. The van der Waals surface area contributed by atoms with E-state index in [1.165, 1.54) is 12.1 Å². The third-order valence-electron chi connectivity index (χ3n) is 2.80. The van der Waals surface area contributed by atoms with Crippen LogP contribution in [-0.4, -0.2) is 9.97 Å². The molecule has 0 saturated heterocycles. The first-order valence-corrected chi connectivity index (χ1v) is 6.22. The molecule has 1 N–H and O–H groups in total. The van der Waals surface area contributed by atoms with Crippen LogP contribution in [0.1, 0.15) is 0 Å². The average Bonchev–Trinajstić information content (AvgIpc) is 2.51. The molecule has 0 unspecified atom stereocenters. The molecule has 0 aliphatic carbocycles. The van der Waals surface area contributed by atoms with E-state index < -0.39 is 0 Å². The van der Waals surface area contributed by atoms with Gasteiger partial charge in [0.2, 0.25) is 0 Å². The Labute approximate surface area is 116 Å². The van der Waals surface area contributed by atoms with Crippen LogP contribution >= 0.6 is 0 Å². The predicted octanol–water partition coefficient (Wildman–Crippen LogP) is 4.03. The number of nitrogens with zero attached hydrogens (tertiary/aromatic N) is 2. The van der Waals surface area contributed by atoms with Crippen molar-refractivity contribution in [3.05, 3.63) is 72.7 Å². The maximum atomic E-state index is 12.9. The van der Waals surface area contributed by atoms with Crippen molar-refractivity contribution in [2.75, 3.05) is 5.32 Å². The molecule has 0 radical (unpaired) electrons. The normalized spacial score (nSPS) is 10.2. The lowest BCUT2D eigenvalue weighted by atomic mass is 10.2. The highest BCUT2D eigenvalue weighted by molar-refractivity contribution is 5.60. The second-order valence-corrected chi connectivity index (χ2v) is 4.26. The zero-order valence-corrected chi connectivity index (χ0v) is 10.6. The van der Waals surface area contributed by atoms with E-state index in [4.69, 9.17) is 0 Å². The number of hydrogen-bond donors (Lipinski definition) is 1. The Morgan fingerprint density at radius 1 is 0.850 bits per heavy atom. The summed E-state index contributed by atoms with van der Waals surface area (Å²) in [6.07, 6.45) is 1.70. The molecular weight excluding hydrogens is 253 g/mol. The highest BCUT2D eigenvalue weighted by Gasteiger charge is 2.02. The Kier molecular flexibility index (Phi) is 3.37. The monoisotopic (exact) mass is 265 g/mol. The van der Waals surface area contributed by atoms with Crippen LogP contribution in [-0.2, 0) is 0 Å². The van der Waals surface area contributed by atoms with Crippen LogP contribution in [0.2, 0.25) is 0 Å². The summed E-state index contributed by atoms with van der Waals surface area (Å²) in [6, 6.07) is 17.7. The molecule has 20 heavy (non-hydrogen) atoms. The van der Waals surface area contributed by atoms with Gasteiger partial charge in [-0.25, -0.2) is 14.4 Å². The summed E-state index contributed by atoms with van der Waals surface area (Å²) in [6.45, 7) is 0. The minimum absolute atomic E-state index is 0.261. The van der Waals surface area contributed by atoms with Gasteiger partial charge in [-0.3, -0.25) is 0 Å². The largest absolute Gasteiger partial charge is 0.340 e. The zero-order chi connectivity index (χ0) is 13.8. The Bertz CT molecular complexity index is 696. The summed E-state index contributed by atoms with van der Waals surface area (Å²) in [5, 5.41) is 3.12. The summed E-state index contributed by atoms with van der Waals surface area (Å²) >= 11 is 0. The van der Waals surface area contributed by atoms with Gasteiger partial charge in [0, 0.05) is 17.4 Å². The Balaban J connectivity index is 1.86.